The van der Waals surface area contributed by atoms with E-state index >= 15 is 0 Å². The van der Waals surface area contributed by atoms with E-state index < -0.39 is 0 Å². The van der Waals surface area contributed by atoms with E-state index in [4.69, 9.17) is 0 Å². The van der Waals surface area contributed by atoms with Gasteiger partial charge in [-0.15, -0.1) is 0 Å². The summed E-state index contributed by atoms with van der Waals surface area (Å²) in [5.41, 5.74) is 11.2. The van der Waals surface area contributed by atoms with Crippen LogP contribution in [-0.4, -0.2) is 40.6 Å². The van der Waals surface area contributed by atoms with Crippen LogP contribution in [0.25, 0.3) is 22.2 Å². The number of carbonyl (C=O) groups excluding carboxylic acids is 1. The average Bonchev–Trinajstić information content (AvgIpc) is 3.50. The first-order valence-electron chi connectivity index (χ1n) is 12.1. The van der Waals surface area contributed by atoms with Gasteiger partial charge in [-0.3, -0.25) is 4.79 Å². The van der Waals surface area contributed by atoms with Gasteiger partial charge in [0.1, 0.15) is 11.5 Å². The number of piperidine rings is 1. The van der Waals surface area contributed by atoms with E-state index in [1.54, 1.807) is 0 Å². The molecule has 6 rings (SSSR count). The van der Waals surface area contributed by atoms with Crippen molar-refractivity contribution in [3.63, 3.8) is 0 Å². The van der Waals surface area contributed by atoms with Gasteiger partial charge in [0, 0.05) is 44.5 Å². The Kier molecular flexibility index (Phi) is 6.37. The molecule has 4 N–H and O–H groups in total. The topological polar surface area (TPSA) is 101 Å². The molecule has 3 aromatic heterocycles. The molecule has 180 valence electrons. The zero-order chi connectivity index (χ0) is 24.4. The smallest absolute Gasteiger partial charge is 0.254 e. The molecule has 0 aliphatic carbocycles. The van der Waals surface area contributed by atoms with Crippen molar-refractivity contribution in [2.45, 2.75) is 25.8 Å². The van der Waals surface area contributed by atoms with Crippen molar-refractivity contribution >= 4 is 34.1 Å². The third-order valence-electron chi connectivity index (χ3n) is 6.76. The second-order valence-corrected chi connectivity index (χ2v) is 8.79. The summed E-state index contributed by atoms with van der Waals surface area (Å²) in [7, 11) is 3.49. The van der Waals surface area contributed by atoms with Crippen LogP contribution in [0.15, 0.2) is 55.0 Å². The number of hydrogen-bond donors (Lipinski definition) is 3. The summed E-state index contributed by atoms with van der Waals surface area (Å²) in [5.74, 6) is 0.678. The quantitative estimate of drug-likeness (QED) is 0.414. The summed E-state index contributed by atoms with van der Waals surface area (Å²) in [5, 5.41) is 7.46. The lowest BCUT2D eigenvalue weighted by Crippen LogP contribution is -2.29. The molecule has 5 heterocycles. The predicted molar refractivity (Wildman–Crippen MR) is 141 cm³/mol. The highest BCUT2D eigenvalue weighted by Gasteiger charge is 2.27. The number of nitrogens with two attached hydrogens (primary N) is 1. The molecular formula is C27H31N7O. The fourth-order valence-corrected chi connectivity index (χ4v) is 5.04. The van der Waals surface area contributed by atoms with Gasteiger partial charge in [0.2, 0.25) is 0 Å². The maximum absolute atomic E-state index is 12.8. The Bertz CT molecular complexity index is 1350. The van der Waals surface area contributed by atoms with E-state index in [1.165, 1.54) is 26.3 Å². The van der Waals surface area contributed by atoms with Crippen LogP contribution in [0.3, 0.4) is 0 Å². The highest BCUT2D eigenvalue weighted by molar-refractivity contribution is 6.07. The van der Waals surface area contributed by atoms with Crippen LogP contribution in [0.1, 0.15) is 35.2 Å². The number of hydrogen-bond acceptors (Lipinski definition) is 6. The number of anilines is 3. The first kappa shape index (κ1) is 22.9. The maximum atomic E-state index is 12.8. The van der Waals surface area contributed by atoms with Crippen LogP contribution in [0, 0.1) is 0 Å². The molecule has 8 heteroatoms. The third kappa shape index (κ3) is 4.21. The van der Waals surface area contributed by atoms with E-state index in [2.05, 4.69) is 49.4 Å². The summed E-state index contributed by atoms with van der Waals surface area (Å²) >= 11 is 0. The number of aryl methyl sites for hydroxylation is 1. The second-order valence-electron chi connectivity index (χ2n) is 8.79. The van der Waals surface area contributed by atoms with Gasteiger partial charge in [-0.2, -0.15) is 0 Å². The Morgan fingerprint density at radius 1 is 0.971 bits per heavy atom. The first-order chi connectivity index (χ1) is 17.2. The largest absolute Gasteiger partial charge is 0.370 e. The van der Waals surface area contributed by atoms with Gasteiger partial charge in [-0.25, -0.2) is 9.97 Å². The lowest BCUT2D eigenvalue weighted by atomic mass is 9.94. The normalized spacial score (nSPS) is 14.8. The zero-order valence-electron chi connectivity index (χ0n) is 20.2. The molecule has 35 heavy (non-hydrogen) atoms. The number of nitrogens with zero attached hydrogens (tertiary/aromatic N) is 4. The summed E-state index contributed by atoms with van der Waals surface area (Å²) in [6, 6.07) is 12.3. The van der Waals surface area contributed by atoms with Crippen molar-refractivity contribution in [1.82, 2.24) is 19.9 Å². The Morgan fingerprint density at radius 3 is 2.57 bits per heavy atom. The van der Waals surface area contributed by atoms with Crippen LogP contribution in [0.2, 0.25) is 0 Å². The van der Waals surface area contributed by atoms with E-state index in [9.17, 15) is 4.79 Å². The second kappa shape index (κ2) is 9.76. The van der Waals surface area contributed by atoms with E-state index in [0.717, 1.165) is 58.0 Å². The average molecular weight is 470 g/mol. The van der Waals surface area contributed by atoms with Crippen LogP contribution in [-0.2, 0) is 13.6 Å². The summed E-state index contributed by atoms with van der Waals surface area (Å²) in [6.45, 7) is 2.69. The van der Waals surface area contributed by atoms with Crippen LogP contribution >= 0.6 is 0 Å². The van der Waals surface area contributed by atoms with Gasteiger partial charge >= 0.3 is 0 Å². The van der Waals surface area contributed by atoms with E-state index in [0.29, 0.717) is 12.1 Å². The molecule has 0 radical (unpaired) electrons. The maximum Gasteiger partial charge on any atom is 0.254 e. The molecule has 2 aliphatic rings. The SMILES string of the molecule is CN.Cn1ccc2c(-c3ccc(Nc4ccc(N5CCCCC5)cn4)c4c3CNC4=O)ccnc21. The van der Waals surface area contributed by atoms with Gasteiger partial charge in [0.05, 0.1) is 23.1 Å². The van der Waals surface area contributed by atoms with Crippen molar-refractivity contribution in [2.24, 2.45) is 12.8 Å². The number of aromatic nitrogens is 3. The molecule has 0 spiro atoms. The van der Waals surface area contributed by atoms with Crippen molar-refractivity contribution < 1.29 is 4.79 Å². The first-order valence-corrected chi connectivity index (χ1v) is 12.1. The van der Waals surface area contributed by atoms with Crippen molar-refractivity contribution in [3.8, 4) is 11.1 Å². The fraction of sp³-hybridized carbons (Fsp3) is 0.296. The predicted octanol–water partition coefficient (Wildman–Crippen LogP) is 4.19. The van der Waals surface area contributed by atoms with Crippen LogP contribution in [0.5, 0.6) is 0 Å². The number of carbonyl (C=O) groups is 1. The number of amides is 1. The Hall–Kier alpha value is -3.91. The number of fused-ring (bicyclic) bond motifs is 2. The van der Waals surface area contributed by atoms with Crippen LogP contribution in [0.4, 0.5) is 17.2 Å². The minimum atomic E-state index is -0.0577. The molecule has 1 fully saturated rings. The molecule has 0 atom stereocenters. The minimum Gasteiger partial charge on any atom is -0.370 e. The van der Waals surface area contributed by atoms with Gasteiger partial charge in [-0.1, -0.05) is 6.07 Å². The molecule has 0 saturated carbocycles. The summed E-state index contributed by atoms with van der Waals surface area (Å²) < 4.78 is 2.01. The number of rotatable bonds is 4. The summed E-state index contributed by atoms with van der Waals surface area (Å²) in [6.07, 6.45) is 9.54. The molecule has 1 aromatic carbocycles. The van der Waals surface area contributed by atoms with Crippen LogP contribution < -0.4 is 21.3 Å². The monoisotopic (exact) mass is 469 g/mol. The molecule has 0 bridgehead atoms. The Balaban J connectivity index is 0.00000124. The Morgan fingerprint density at radius 2 is 1.80 bits per heavy atom. The van der Waals surface area contributed by atoms with Crippen molar-refractivity contribution in [3.05, 3.63) is 66.1 Å². The number of nitrogens with one attached hydrogen (secondary N) is 2. The molecule has 0 unspecified atom stereocenters. The van der Waals surface area contributed by atoms with E-state index in [-0.39, 0.29) is 5.91 Å². The number of pyridine rings is 2. The third-order valence-corrected chi connectivity index (χ3v) is 6.76. The van der Waals surface area contributed by atoms with Gasteiger partial charge in [0.25, 0.3) is 5.91 Å². The highest BCUT2D eigenvalue weighted by Crippen LogP contribution is 2.37. The number of benzene rings is 1. The molecular weight excluding hydrogens is 438 g/mol. The lowest BCUT2D eigenvalue weighted by Gasteiger charge is -2.28. The molecule has 2 aliphatic heterocycles. The zero-order valence-corrected chi connectivity index (χ0v) is 20.2. The van der Waals surface area contributed by atoms with E-state index in [1.807, 2.05) is 48.4 Å². The standard InChI is InChI=1S/C26H26N6O.CH5N/c1-31-14-10-20-19(9-11-27-25(20)31)18-6-7-22(24-21(18)16-29-26(24)33)30-23-8-5-17(15-28-23)32-12-3-2-4-13-32;1-2/h5-11,14-15H,2-4,12-13,16H2,1H3,(H,28,30)(H,29,33);2H2,1H3. The van der Waals surface area contributed by atoms with Gasteiger partial charge in [0.15, 0.2) is 0 Å². The highest BCUT2D eigenvalue weighted by atomic mass is 16.1. The van der Waals surface area contributed by atoms with Crippen molar-refractivity contribution in [2.75, 3.05) is 30.4 Å². The van der Waals surface area contributed by atoms with Crippen molar-refractivity contribution in [1.29, 1.82) is 0 Å². The minimum absolute atomic E-state index is 0.0577. The van der Waals surface area contributed by atoms with Gasteiger partial charge < -0.3 is 25.8 Å². The molecule has 4 aromatic rings. The summed E-state index contributed by atoms with van der Waals surface area (Å²) in [4.78, 5) is 24.3. The Labute approximate surface area is 205 Å². The van der Waals surface area contributed by atoms with Gasteiger partial charge in [-0.05, 0) is 73.3 Å². The lowest BCUT2D eigenvalue weighted by molar-refractivity contribution is 0.0966. The molecule has 1 amide bonds. The molecule has 1 saturated heterocycles. The fourth-order valence-electron chi connectivity index (χ4n) is 5.04. The molecule has 8 nitrogen and oxygen atoms in total.